The lowest BCUT2D eigenvalue weighted by atomic mass is 9.99. The van der Waals surface area contributed by atoms with Crippen LogP contribution in [0.15, 0.2) is 12.1 Å². The highest BCUT2D eigenvalue weighted by atomic mass is 35.5. The van der Waals surface area contributed by atoms with Gasteiger partial charge in [-0.15, -0.1) is 0 Å². The van der Waals surface area contributed by atoms with Crippen molar-refractivity contribution in [3.63, 3.8) is 0 Å². The van der Waals surface area contributed by atoms with E-state index >= 15 is 0 Å². The van der Waals surface area contributed by atoms with E-state index in [0.717, 1.165) is 19.4 Å². The van der Waals surface area contributed by atoms with E-state index in [1.165, 1.54) is 12.1 Å². The largest absolute Gasteiger partial charge is 0.432 e. The number of hydrogen-bond acceptors (Lipinski definition) is 3. The van der Waals surface area contributed by atoms with Gasteiger partial charge >= 0.3 is 6.61 Å². The minimum absolute atomic E-state index is 0.0835. The molecule has 2 N–H and O–H groups in total. The van der Waals surface area contributed by atoms with Gasteiger partial charge in [0, 0.05) is 12.2 Å². The summed E-state index contributed by atoms with van der Waals surface area (Å²) >= 11 is 11.7. The number of ether oxygens (including phenoxy) is 1. The van der Waals surface area contributed by atoms with Crippen molar-refractivity contribution < 1.29 is 18.3 Å². The Bertz CT molecular complexity index is 500. The standard InChI is InChI=1S/C13H14Cl2F2N2O2/c14-9-4-8(5-10(15)11(9)21-13(16)17)19-12(20)7-2-1-3-18-6-7/h4-5,7,13,18H,1-3,6H2,(H,19,20)/t7-/m1/s1. The van der Waals surface area contributed by atoms with Gasteiger partial charge in [0.2, 0.25) is 5.91 Å². The maximum Gasteiger partial charge on any atom is 0.387 e. The SMILES string of the molecule is O=C(Nc1cc(Cl)c(OC(F)F)c(Cl)c1)[C@@H]1CCCNC1. The maximum absolute atomic E-state index is 12.2. The lowest BCUT2D eigenvalue weighted by molar-refractivity contribution is -0.120. The number of benzene rings is 1. The summed E-state index contributed by atoms with van der Waals surface area (Å²) in [6, 6.07) is 2.67. The Labute approximate surface area is 130 Å². The van der Waals surface area contributed by atoms with Crippen molar-refractivity contribution in [2.45, 2.75) is 19.5 Å². The normalized spacial score (nSPS) is 18.6. The van der Waals surface area contributed by atoms with Crippen LogP contribution in [0.5, 0.6) is 5.75 Å². The van der Waals surface area contributed by atoms with Crippen LogP contribution in [0.25, 0.3) is 0 Å². The first-order chi connectivity index (χ1) is 9.97. The van der Waals surface area contributed by atoms with E-state index < -0.39 is 6.61 Å². The summed E-state index contributed by atoms with van der Waals surface area (Å²) in [5.74, 6) is -0.587. The van der Waals surface area contributed by atoms with Crippen LogP contribution in [-0.4, -0.2) is 25.6 Å². The Hall–Kier alpha value is -1.11. The number of halogens is 4. The summed E-state index contributed by atoms with van der Waals surface area (Å²) in [5.41, 5.74) is 0.349. The van der Waals surface area contributed by atoms with Crippen molar-refractivity contribution in [2.24, 2.45) is 5.92 Å². The molecule has 0 aliphatic carbocycles. The summed E-state index contributed by atoms with van der Waals surface area (Å²) in [5, 5.41) is 5.65. The molecule has 0 aromatic heterocycles. The Morgan fingerprint density at radius 3 is 2.57 bits per heavy atom. The number of carbonyl (C=O) groups excluding carboxylic acids is 1. The van der Waals surface area contributed by atoms with E-state index in [0.29, 0.717) is 12.2 Å². The molecular weight excluding hydrogens is 325 g/mol. The molecule has 1 aliphatic rings. The highest BCUT2D eigenvalue weighted by Crippen LogP contribution is 2.37. The Morgan fingerprint density at radius 2 is 2.05 bits per heavy atom. The van der Waals surface area contributed by atoms with E-state index in [9.17, 15) is 13.6 Å². The van der Waals surface area contributed by atoms with Gasteiger partial charge in [0.15, 0.2) is 5.75 Å². The molecule has 0 unspecified atom stereocenters. The molecule has 1 amide bonds. The molecule has 0 radical (unpaired) electrons. The first kappa shape index (κ1) is 16.3. The van der Waals surface area contributed by atoms with Crippen LogP contribution in [0.2, 0.25) is 10.0 Å². The molecule has 1 aromatic rings. The zero-order valence-electron chi connectivity index (χ0n) is 11.0. The molecule has 0 spiro atoms. The van der Waals surface area contributed by atoms with Crippen LogP contribution in [0.3, 0.4) is 0 Å². The number of carbonyl (C=O) groups is 1. The fourth-order valence-corrected chi connectivity index (χ4v) is 2.73. The van der Waals surface area contributed by atoms with Crippen LogP contribution >= 0.6 is 23.2 Å². The molecule has 0 saturated carbocycles. The van der Waals surface area contributed by atoms with Crippen LogP contribution in [0, 0.1) is 5.92 Å². The van der Waals surface area contributed by atoms with Gasteiger partial charge in [0.05, 0.1) is 16.0 Å². The first-order valence-corrected chi connectivity index (χ1v) is 7.18. The Morgan fingerprint density at radius 1 is 1.38 bits per heavy atom. The van der Waals surface area contributed by atoms with Crippen molar-refractivity contribution in [1.82, 2.24) is 5.32 Å². The van der Waals surface area contributed by atoms with E-state index in [2.05, 4.69) is 15.4 Å². The van der Waals surface area contributed by atoms with E-state index in [4.69, 9.17) is 23.2 Å². The summed E-state index contributed by atoms with van der Waals surface area (Å²) < 4.78 is 28.7. The molecule has 1 heterocycles. The number of piperidine rings is 1. The molecule has 2 rings (SSSR count). The van der Waals surface area contributed by atoms with Gasteiger partial charge in [0.1, 0.15) is 0 Å². The van der Waals surface area contributed by atoms with Gasteiger partial charge in [-0.1, -0.05) is 23.2 Å². The van der Waals surface area contributed by atoms with Gasteiger partial charge in [-0.25, -0.2) is 0 Å². The minimum atomic E-state index is -3.02. The van der Waals surface area contributed by atoms with Crippen LogP contribution < -0.4 is 15.4 Å². The average Bonchev–Trinajstić information content (AvgIpc) is 2.43. The molecule has 4 nitrogen and oxygen atoms in total. The van der Waals surface area contributed by atoms with Crippen molar-refractivity contribution in [1.29, 1.82) is 0 Å². The second-order valence-corrected chi connectivity index (χ2v) is 5.49. The Balaban J connectivity index is 2.08. The third-order valence-corrected chi connectivity index (χ3v) is 3.70. The predicted octanol–water partition coefficient (Wildman–Crippen LogP) is 3.53. The molecule has 1 atom stereocenters. The van der Waals surface area contributed by atoms with Crippen molar-refractivity contribution in [3.8, 4) is 5.75 Å². The molecular formula is C13H14Cl2F2N2O2. The molecule has 0 bridgehead atoms. The van der Waals surface area contributed by atoms with Gasteiger partial charge in [0.25, 0.3) is 0 Å². The van der Waals surface area contributed by atoms with Crippen molar-refractivity contribution in [2.75, 3.05) is 18.4 Å². The smallest absolute Gasteiger partial charge is 0.387 e. The van der Waals surface area contributed by atoms with Gasteiger partial charge in [-0.3, -0.25) is 4.79 Å². The molecule has 8 heteroatoms. The maximum atomic E-state index is 12.2. The predicted molar refractivity (Wildman–Crippen MR) is 77.3 cm³/mol. The summed E-state index contributed by atoms with van der Waals surface area (Å²) in [6.45, 7) is -1.50. The molecule has 116 valence electrons. The fourth-order valence-electron chi connectivity index (χ4n) is 2.15. The lowest BCUT2D eigenvalue weighted by Gasteiger charge is -2.22. The molecule has 1 aliphatic heterocycles. The third-order valence-electron chi connectivity index (χ3n) is 3.14. The zero-order valence-corrected chi connectivity index (χ0v) is 12.5. The quantitative estimate of drug-likeness (QED) is 0.882. The van der Waals surface area contributed by atoms with Crippen LogP contribution in [0.1, 0.15) is 12.8 Å². The first-order valence-electron chi connectivity index (χ1n) is 6.43. The lowest BCUT2D eigenvalue weighted by Crippen LogP contribution is -2.37. The Kier molecular flexibility index (Phi) is 5.61. The minimum Gasteiger partial charge on any atom is -0.432 e. The van der Waals surface area contributed by atoms with Crippen LogP contribution in [-0.2, 0) is 4.79 Å². The molecule has 1 aromatic carbocycles. The summed E-state index contributed by atoms with van der Waals surface area (Å²) in [4.78, 5) is 12.1. The number of alkyl halides is 2. The molecule has 1 saturated heterocycles. The molecule has 1 fully saturated rings. The number of rotatable bonds is 4. The topological polar surface area (TPSA) is 50.4 Å². The second-order valence-electron chi connectivity index (χ2n) is 4.68. The van der Waals surface area contributed by atoms with Gasteiger partial charge < -0.3 is 15.4 Å². The summed E-state index contributed by atoms with van der Waals surface area (Å²) in [6.07, 6.45) is 1.73. The monoisotopic (exact) mass is 338 g/mol. The highest BCUT2D eigenvalue weighted by Gasteiger charge is 2.22. The third kappa shape index (κ3) is 4.43. The average molecular weight is 339 g/mol. The van der Waals surface area contributed by atoms with E-state index in [-0.39, 0.29) is 27.6 Å². The van der Waals surface area contributed by atoms with Crippen molar-refractivity contribution in [3.05, 3.63) is 22.2 Å². The van der Waals surface area contributed by atoms with Gasteiger partial charge in [-0.2, -0.15) is 8.78 Å². The number of amides is 1. The van der Waals surface area contributed by atoms with Gasteiger partial charge in [-0.05, 0) is 31.5 Å². The second kappa shape index (κ2) is 7.24. The molecule has 21 heavy (non-hydrogen) atoms. The summed E-state index contributed by atoms with van der Waals surface area (Å²) in [7, 11) is 0. The van der Waals surface area contributed by atoms with E-state index in [1.807, 2.05) is 0 Å². The fraction of sp³-hybridized carbons (Fsp3) is 0.462. The number of anilines is 1. The zero-order chi connectivity index (χ0) is 15.4. The highest BCUT2D eigenvalue weighted by molar-refractivity contribution is 6.37. The van der Waals surface area contributed by atoms with Crippen LogP contribution in [0.4, 0.5) is 14.5 Å². The van der Waals surface area contributed by atoms with E-state index in [1.54, 1.807) is 0 Å². The number of nitrogens with one attached hydrogen (secondary N) is 2. The van der Waals surface area contributed by atoms with Crippen molar-refractivity contribution >= 4 is 34.8 Å². The number of hydrogen-bond donors (Lipinski definition) is 2.